The Bertz CT molecular complexity index is 643. The highest BCUT2D eigenvalue weighted by Crippen LogP contribution is 2.24. The van der Waals surface area contributed by atoms with Crippen molar-refractivity contribution in [2.75, 3.05) is 11.1 Å². The Labute approximate surface area is 124 Å². The normalized spacial score (nSPS) is 10.3. The monoisotopic (exact) mass is 338 g/mol. The molecule has 0 heterocycles. The van der Waals surface area contributed by atoms with Crippen molar-refractivity contribution >= 4 is 44.8 Å². The summed E-state index contributed by atoms with van der Waals surface area (Å²) in [7, 11) is 0. The van der Waals surface area contributed by atoms with Crippen molar-refractivity contribution in [2.24, 2.45) is 0 Å². The predicted molar refractivity (Wildman–Crippen MR) is 82.7 cm³/mol. The minimum Gasteiger partial charge on any atom is -0.399 e. The van der Waals surface area contributed by atoms with Crippen LogP contribution >= 0.6 is 27.5 Å². The van der Waals surface area contributed by atoms with Gasteiger partial charge in [0.25, 0.3) is 5.91 Å². The Morgan fingerprint density at radius 1 is 1.26 bits per heavy atom. The van der Waals surface area contributed by atoms with Gasteiger partial charge in [-0.1, -0.05) is 17.7 Å². The number of carbonyl (C=O) groups is 1. The molecule has 2 aromatic rings. The van der Waals surface area contributed by atoms with Crippen molar-refractivity contribution in [3.63, 3.8) is 0 Å². The highest BCUT2D eigenvalue weighted by atomic mass is 79.9. The van der Waals surface area contributed by atoms with Crippen LogP contribution in [0.25, 0.3) is 0 Å². The summed E-state index contributed by atoms with van der Waals surface area (Å²) in [4.78, 5) is 12.2. The van der Waals surface area contributed by atoms with E-state index >= 15 is 0 Å². The van der Waals surface area contributed by atoms with E-state index in [0.717, 1.165) is 5.56 Å². The quantitative estimate of drug-likeness (QED) is 0.804. The van der Waals surface area contributed by atoms with Crippen molar-refractivity contribution in [1.29, 1.82) is 0 Å². The molecule has 2 aromatic carbocycles. The number of anilines is 2. The molecule has 0 aliphatic heterocycles. The van der Waals surface area contributed by atoms with E-state index in [9.17, 15) is 4.79 Å². The first-order valence-corrected chi connectivity index (χ1v) is 6.77. The molecule has 0 aliphatic rings. The van der Waals surface area contributed by atoms with Gasteiger partial charge in [-0.3, -0.25) is 4.79 Å². The van der Waals surface area contributed by atoms with Crippen molar-refractivity contribution in [3.05, 3.63) is 57.0 Å². The van der Waals surface area contributed by atoms with Gasteiger partial charge in [0, 0.05) is 20.9 Å². The molecule has 5 heteroatoms. The second kappa shape index (κ2) is 5.63. The van der Waals surface area contributed by atoms with E-state index < -0.39 is 0 Å². The minimum atomic E-state index is -0.233. The number of nitrogens with one attached hydrogen (secondary N) is 1. The lowest BCUT2D eigenvalue weighted by atomic mass is 10.1. The third-order valence-electron chi connectivity index (χ3n) is 2.68. The Hall–Kier alpha value is -1.52. The van der Waals surface area contributed by atoms with E-state index in [2.05, 4.69) is 21.2 Å². The van der Waals surface area contributed by atoms with Crippen molar-refractivity contribution in [3.8, 4) is 0 Å². The van der Waals surface area contributed by atoms with Crippen LogP contribution in [0.5, 0.6) is 0 Å². The van der Waals surface area contributed by atoms with Crippen LogP contribution < -0.4 is 11.1 Å². The zero-order valence-electron chi connectivity index (χ0n) is 10.2. The van der Waals surface area contributed by atoms with Crippen LogP contribution in [-0.4, -0.2) is 5.91 Å². The highest BCUT2D eigenvalue weighted by molar-refractivity contribution is 9.10. The maximum Gasteiger partial charge on any atom is 0.256 e. The van der Waals surface area contributed by atoms with Crippen molar-refractivity contribution < 1.29 is 4.79 Å². The molecule has 0 aromatic heterocycles. The molecule has 0 unspecified atom stereocenters. The Morgan fingerprint density at radius 2 is 2.00 bits per heavy atom. The molecule has 0 aliphatic carbocycles. The number of benzene rings is 2. The zero-order valence-corrected chi connectivity index (χ0v) is 12.5. The van der Waals surface area contributed by atoms with Crippen LogP contribution in [-0.2, 0) is 0 Å². The Balaban J connectivity index is 2.30. The fraction of sp³-hybridized carbons (Fsp3) is 0.0714. The fourth-order valence-electron chi connectivity index (χ4n) is 1.64. The number of nitrogens with two attached hydrogens (primary N) is 1. The predicted octanol–water partition coefficient (Wildman–Crippen LogP) is 4.25. The molecule has 1 amide bonds. The van der Waals surface area contributed by atoms with E-state index in [1.54, 1.807) is 30.3 Å². The Morgan fingerprint density at radius 3 is 2.74 bits per heavy atom. The van der Waals surface area contributed by atoms with Crippen LogP contribution in [0.3, 0.4) is 0 Å². The largest absolute Gasteiger partial charge is 0.399 e. The number of rotatable bonds is 2. The van der Waals surface area contributed by atoms with Gasteiger partial charge >= 0.3 is 0 Å². The molecular weight excluding hydrogens is 328 g/mol. The maximum absolute atomic E-state index is 12.2. The molecule has 0 spiro atoms. The Kier molecular flexibility index (Phi) is 4.12. The smallest absolute Gasteiger partial charge is 0.256 e. The summed E-state index contributed by atoms with van der Waals surface area (Å²) in [6.45, 7) is 1.90. The summed E-state index contributed by atoms with van der Waals surface area (Å²) in [6.07, 6.45) is 0. The molecule has 98 valence electrons. The second-order valence-electron chi connectivity index (χ2n) is 4.15. The minimum absolute atomic E-state index is 0.233. The van der Waals surface area contributed by atoms with E-state index in [4.69, 9.17) is 17.3 Å². The molecule has 3 nitrogen and oxygen atoms in total. The van der Waals surface area contributed by atoms with Crippen LogP contribution in [0.2, 0.25) is 5.02 Å². The second-order valence-corrected chi connectivity index (χ2v) is 5.44. The van der Waals surface area contributed by atoms with Gasteiger partial charge in [-0.2, -0.15) is 0 Å². The summed E-state index contributed by atoms with van der Waals surface area (Å²) < 4.78 is 0.691. The van der Waals surface area contributed by atoms with Gasteiger partial charge in [-0.15, -0.1) is 0 Å². The SMILES string of the molecule is Cc1ccc(N)cc1NC(=O)c1cc(Cl)ccc1Br. The van der Waals surface area contributed by atoms with E-state index in [1.807, 2.05) is 13.0 Å². The zero-order chi connectivity index (χ0) is 14.0. The summed E-state index contributed by atoms with van der Waals surface area (Å²) in [5, 5.41) is 3.34. The lowest BCUT2D eigenvalue weighted by molar-refractivity contribution is 0.102. The molecule has 0 bridgehead atoms. The van der Waals surface area contributed by atoms with Crippen molar-refractivity contribution in [2.45, 2.75) is 6.92 Å². The highest BCUT2D eigenvalue weighted by Gasteiger charge is 2.12. The number of hydrogen-bond acceptors (Lipinski definition) is 2. The molecule has 0 saturated carbocycles. The molecule has 3 N–H and O–H groups in total. The van der Waals surface area contributed by atoms with E-state index in [-0.39, 0.29) is 5.91 Å². The average Bonchev–Trinajstić information content (AvgIpc) is 2.36. The standard InChI is InChI=1S/C14H12BrClN2O/c1-8-2-4-10(17)7-13(8)18-14(19)11-6-9(16)3-5-12(11)15/h2-7H,17H2,1H3,(H,18,19). The van der Waals surface area contributed by atoms with Crippen molar-refractivity contribution in [1.82, 2.24) is 0 Å². The first kappa shape index (κ1) is 13.9. The molecule has 0 fully saturated rings. The fourth-order valence-corrected chi connectivity index (χ4v) is 2.23. The summed E-state index contributed by atoms with van der Waals surface area (Å²) in [5.41, 5.74) is 8.43. The van der Waals surface area contributed by atoms with Crippen LogP contribution in [0.1, 0.15) is 15.9 Å². The third-order valence-corrected chi connectivity index (χ3v) is 3.61. The molecular formula is C14H12BrClN2O. The van der Waals surface area contributed by atoms with Gasteiger partial charge in [0.1, 0.15) is 0 Å². The van der Waals surface area contributed by atoms with Gasteiger partial charge in [0.15, 0.2) is 0 Å². The van der Waals surface area contributed by atoms with Gasteiger partial charge < -0.3 is 11.1 Å². The first-order chi connectivity index (χ1) is 8.97. The number of hydrogen-bond donors (Lipinski definition) is 2. The number of halogens is 2. The summed E-state index contributed by atoms with van der Waals surface area (Å²) in [6, 6.07) is 10.4. The number of nitrogen functional groups attached to an aromatic ring is 1. The summed E-state index contributed by atoms with van der Waals surface area (Å²) >= 11 is 9.23. The van der Waals surface area contributed by atoms with Crippen LogP contribution in [0, 0.1) is 6.92 Å². The molecule has 19 heavy (non-hydrogen) atoms. The number of carbonyl (C=O) groups excluding carboxylic acids is 1. The summed E-state index contributed by atoms with van der Waals surface area (Å²) in [5.74, 6) is -0.233. The molecule has 0 radical (unpaired) electrons. The van der Waals surface area contributed by atoms with E-state index in [1.165, 1.54) is 0 Å². The van der Waals surface area contributed by atoms with Gasteiger partial charge in [0.05, 0.1) is 5.56 Å². The topological polar surface area (TPSA) is 55.1 Å². The molecule has 0 atom stereocenters. The molecule has 0 saturated heterocycles. The third kappa shape index (κ3) is 3.28. The van der Waals surface area contributed by atoms with Gasteiger partial charge in [0.2, 0.25) is 0 Å². The first-order valence-electron chi connectivity index (χ1n) is 5.60. The van der Waals surface area contributed by atoms with Crippen LogP contribution in [0.4, 0.5) is 11.4 Å². The average molecular weight is 340 g/mol. The lowest BCUT2D eigenvalue weighted by Gasteiger charge is -2.10. The van der Waals surface area contributed by atoms with E-state index in [0.29, 0.717) is 26.4 Å². The number of amides is 1. The maximum atomic E-state index is 12.2. The lowest BCUT2D eigenvalue weighted by Crippen LogP contribution is -2.13. The van der Waals surface area contributed by atoms with Gasteiger partial charge in [-0.25, -0.2) is 0 Å². The number of aryl methyl sites for hydroxylation is 1. The van der Waals surface area contributed by atoms with Gasteiger partial charge in [-0.05, 0) is 58.7 Å². The molecule has 2 rings (SSSR count). The van der Waals surface area contributed by atoms with Crippen LogP contribution in [0.15, 0.2) is 40.9 Å².